The van der Waals surface area contributed by atoms with Crippen molar-refractivity contribution in [2.45, 2.75) is 6.54 Å². The number of rotatable bonds is 4. The van der Waals surface area contributed by atoms with Gasteiger partial charge >= 0.3 is 0 Å². The van der Waals surface area contributed by atoms with E-state index in [9.17, 15) is 9.59 Å². The average Bonchev–Trinajstić information content (AvgIpc) is 2.78. The predicted molar refractivity (Wildman–Crippen MR) is 119 cm³/mol. The first-order valence-electron chi connectivity index (χ1n) is 9.84. The van der Waals surface area contributed by atoms with Crippen LogP contribution in [-0.2, 0) is 13.6 Å². The van der Waals surface area contributed by atoms with Crippen LogP contribution in [0.4, 0.5) is 0 Å². The zero-order valence-corrected chi connectivity index (χ0v) is 17.9. The quantitative estimate of drug-likeness (QED) is 0.652. The van der Waals surface area contributed by atoms with Crippen molar-refractivity contribution in [2.24, 2.45) is 7.05 Å². The van der Waals surface area contributed by atoms with Crippen molar-refractivity contribution < 1.29 is 9.53 Å². The summed E-state index contributed by atoms with van der Waals surface area (Å²) in [6.07, 6.45) is 0. The van der Waals surface area contributed by atoms with Gasteiger partial charge in [0.2, 0.25) is 0 Å². The molecular formula is C22H24N4O3S. The Bertz CT molecular complexity index is 1190. The normalized spacial score (nSPS) is 14.8. The first-order chi connectivity index (χ1) is 14.5. The summed E-state index contributed by atoms with van der Waals surface area (Å²) in [6, 6.07) is 13.2. The second-order valence-corrected chi connectivity index (χ2v) is 7.86. The fourth-order valence-electron chi connectivity index (χ4n) is 3.72. The smallest absolute Gasteiger partial charge is 0.261 e. The van der Waals surface area contributed by atoms with Gasteiger partial charge in [-0.3, -0.25) is 19.1 Å². The van der Waals surface area contributed by atoms with Gasteiger partial charge in [0.05, 0.1) is 18.0 Å². The molecule has 156 valence electrons. The fourth-order valence-corrected chi connectivity index (χ4v) is 3.91. The highest BCUT2D eigenvalue weighted by molar-refractivity contribution is 7.71. The largest absolute Gasteiger partial charge is 0.497 e. The van der Waals surface area contributed by atoms with Crippen LogP contribution >= 0.6 is 12.2 Å². The van der Waals surface area contributed by atoms with E-state index in [-0.39, 0.29) is 11.5 Å². The zero-order chi connectivity index (χ0) is 21.3. The maximum atomic E-state index is 13.0. The molecule has 0 bridgehead atoms. The number of ether oxygens (including phenoxy) is 1. The molecule has 2 heterocycles. The van der Waals surface area contributed by atoms with E-state index in [0.717, 1.165) is 25.4 Å². The molecular weight excluding hydrogens is 400 g/mol. The van der Waals surface area contributed by atoms with E-state index in [0.29, 0.717) is 34.3 Å². The summed E-state index contributed by atoms with van der Waals surface area (Å²) in [5.41, 5.74) is 2.21. The molecule has 1 N–H and O–H groups in total. The summed E-state index contributed by atoms with van der Waals surface area (Å²) in [7, 11) is 3.29. The Balaban J connectivity index is 1.43. The van der Waals surface area contributed by atoms with Crippen LogP contribution in [0, 0.1) is 4.77 Å². The lowest BCUT2D eigenvalue weighted by Crippen LogP contribution is -2.48. The van der Waals surface area contributed by atoms with E-state index in [2.05, 4.69) is 22.0 Å². The summed E-state index contributed by atoms with van der Waals surface area (Å²) in [5, 5.41) is 0.520. The minimum Gasteiger partial charge on any atom is -0.497 e. The third-order valence-electron chi connectivity index (χ3n) is 5.57. The molecule has 0 radical (unpaired) electrons. The number of piperazine rings is 1. The van der Waals surface area contributed by atoms with Gasteiger partial charge in [-0.05, 0) is 48.1 Å². The van der Waals surface area contributed by atoms with Crippen molar-refractivity contribution in [2.75, 3.05) is 33.3 Å². The zero-order valence-electron chi connectivity index (χ0n) is 17.1. The first-order valence-corrected chi connectivity index (χ1v) is 10.2. The molecule has 1 aliphatic rings. The Morgan fingerprint density at radius 1 is 1.10 bits per heavy atom. The van der Waals surface area contributed by atoms with Crippen LogP contribution in [-0.4, -0.2) is 58.5 Å². The second-order valence-electron chi connectivity index (χ2n) is 7.47. The Morgan fingerprint density at radius 3 is 2.47 bits per heavy atom. The predicted octanol–water partition coefficient (Wildman–Crippen LogP) is 2.56. The number of aromatic nitrogens is 2. The van der Waals surface area contributed by atoms with E-state index in [1.807, 2.05) is 17.0 Å². The van der Waals surface area contributed by atoms with Crippen molar-refractivity contribution in [1.82, 2.24) is 19.4 Å². The number of methoxy groups -OCH3 is 1. The standard InChI is InChI=1S/C22H24N4O3S/c1-24-21(28)18-8-5-16(13-19(18)23-22(24)30)20(27)26-11-9-25(10-12-26)14-15-3-6-17(29-2)7-4-15/h3-8,13H,9-12,14H2,1-2H3,(H,23,30). The lowest BCUT2D eigenvalue weighted by atomic mass is 10.1. The number of hydrogen-bond donors (Lipinski definition) is 1. The Hall–Kier alpha value is -2.97. The summed E-state index contributed by atoms with van der Waals surface area (Å²) >= 11 is 5.18. The van der Waals surface area contributed by atoms with E-state index < -0.39 is 0 Å². The monoisotopic (exact) mass is 424 g/mol. The van der Waals surface area contributed by atoms with Crippen molar-refractivity contribution in [3.63, 3.8) is 0 Å². The molecule has 1 amide bonds. The SMILES string of the molecule is COc1ccc(CN2CCN(C(=O)c3ccc4c(=O)n(C)c(=S)[nH]c4c3)CC2)cc1. The molecule has 4 rings (SSSR count). The van der Waals surface area contributed by atoms with Crippen LogP contribution in [0.5, 0.6) is 5.75 Å². The van der Waals surface area contributed by atoms with E-state index in [1.165, 1.54) is 10.1 Å². The number of amides is 1. The number of fused-ring (bicyclic) bond motifs is 1. The van der Waals surface area contributed by atoms with Crippen molar-refractivity contribution in [3.8, 4) is 5.75 Å². The topological polar surface area (TPSA) is 70.6 Å². The van der Waals surface area contributed by atoms with Gasteiger partial charge in [-0.1, -0.05) is 12.1 Å². The van der Waals surface area contributed by atoms with Crippen molar-refractivity contribution in [1.29, 1.82) is 0 Å². The number of benzene rings is 2. The first kappa shape index (κ1) is 20.3. The maximum Gasteiger partial charge on any atom is 0.261 e. The molecule has 1 saturated heterocycles. The van der Waals surface area contributed by atoms with Crippen LogP contribution in [0.2, 0.25) is 0 Å². The van der Waals surface area contributed by atoms with E-state index in [4.69, 9.17) is 17.0 Å². The molecule has 0 saturated carbocycles. The van der Waals surface area contributed by atoms with Crippen LogP contribution in [0.1, 0.15) is 15.9 Å². The summed E-state index contributed by atoms with van der Waals surface area (Å²) in [4.78, 5) is 32.5. The highest BCUT2D eigenvalue weighted by Gasteiger charge is 2.22. The number of carbonyl (C=O) groups excluding carboxylic acids is 1. The maximum absolute atomic E-state index is 13.0. The minimum absolute atomic E-state index is 0.0269. The Kier molecular flexibility index (Phi) is 5.69. The lowest BCUT2D eigenvalue weighted by molar-refractivity contribution is 0.0628. The van der Waals surface area contributed by atoms with Crippen LogP contribution in [0.3, 0.4) is 0 Å². The molecule has 7 nitrogen and oxygen atoms in total. The van der Waals surface area contributed by atoms with Crippen LogP contribution < -0.4 is 10.3 Å². The van der Waals surface area contributed by atoms with Crippen molar-refractivity contribution >= 4 is 29.0 Å². The summed E-state index contributed by atoms with van der Waals surface area (Å²) in [5.74, 6) is 0.823. The number of hydrogen-bond acceptors (Lipinski definition) is 5. The van der Waals surface area contributed by atoms with Gasteiger partial charge < -0.3 is 14.6 Å². The van der Waals surface area contributed by atoms with Gasteiger partial charge in [-0.2, -0.15) is 0 Å². The van der Waals surface area contributed by atoms with Gasteiger partial charge in [0.25, 0.3) is 11.5 Å². The van der Waals surface area contributed by atoms with Crippen molar-refractivity contribution in [3.05, 3.63) is 68.7 Å². The lowest BCUT2D eigenvalue weighted by Gasteiger charge is -2.34. The third kappa shape index (κ3) is 4.01. The second kappa shape index (κ2) is 8.41. The molecule has 30 heavy (non-hydrogen) atoms. The van der Waals surface area contributed by atoms with Gasteiger partial charge in [0.1, 0.15) is 5.75 Å². The molecule has 3 aromatic rings. The molecule has 0 aliphatic carbocycles. The molecule has 0 spiro atoms. The molecule has 1 fully saturated rings. The van der Waals surface area contributed by atoms with E-state index in [1.54, 1.807) is 32.4 Å². The molecule has 8 heteroatoms. The molecule has 1 aliphatic heterocycles. The minimum atomic E-state index is -0.167. The van der Waals surface area contributed by atoms with Crippen LogP contribution in [0.25, 0.3) is 10.9 Å². The number of nitrogens with one attached hydrogen (secondary N) is 1. The number of H-pyrrole nitrogens is 1. The van der Waals surface area contributed by atoms with Crippen LogP contribution in [0.15, 0.2) is 47.3 Å². The number of aromatic amines is 1. The number of nitrogens with zero attached hydrogens (tertiary/aromatic N) is 3. The fraction of sp³-hybridized carbons (Fsp3) is 0.318. The molecule has 2 aromatic carbocycles. The molecule has 0 atom stereocenters. The van der Waals surface area contributed by atoms with Gasteiger partial charge in [0, 0.05) is 45.3 Å². The Labute approximate surface area is 179 Å². The number of carbonyl (C=O) groups is 1. The molecule has 1 aromatic heterocycles. The van der Waals surface area contributed by atoms with Gasteiger partial charge in [-0.15, -0.1) is 0 Å². The van der Waals surface area contributed by atoms with E-state index >= 15 is 0 Å². The summed E-state index contributed by atoms with van der Waals surface area (Å²) < 4.78 is 6.93. The van der Waals surface area contributed by atoms with Gasteiger partial charge in [-0.25, -0.2) is 0 Å². The third-order valence-corrected chi connectivity index (χ3v) is 5.95. The summed E-state index contributed by atoms with van der Waals surface area (Å²) in [6.45, 7) is 3.81. The highest BCUT2D eigenvalue weighted by atomic mass is 32.1. The Morgan fingerprint density at radius 2 is 1.80 bits per heavy atom. The highest BCUT2D eigenvalue weighted by Crippen LogP contribution is 2.16. The van der Waals surface area contributed by atoms with Gasteiger partial charge in [0.15, 0.2) is 4.77 Å². The molecule has 0 unspecified atom stereocenters. The average molecular weight is 425 g/mol.